The Morgan fingerprint density at radius 1 is 0.839 bits per heavy atom. The van der Waals surface area contributed by atoms with E-state index in [4.69, 9.17) is 0 Å². The van der Waals surface area contributed by atoms with Gasteiger partial charge in [-0.1, -0.05) is 74.2 Å². The summed E-state index contributed by atoms with van der Waals surface area (Å²) in [4.78, 5) is 0.373. The molecule has 0 saturated carbocycles. The number of unbranched alkanes of at least 4 members (excludes halogenated alkanes) is 3. The van der Waals surface area contributed by atoms with Crippen LogP contribution >= 0.6 is 0 Å². The fourth-order valence-corrected chi connectivity index (χ4v) is 6.44. The maximum atomic E-state index is 14.0. The number of aryl methyl sites for hydroxylation is 1. The van der Waals surface area contributed by atoms with Crippen molar-refractivity contribution < 1.29 is 8.42 Å². The zero-order valence-corrected chi connectivity index (χ0v) is 19.5. The van der Waals surface area contributed by atoms with Gasteiger partial charge in [-0.05, 0) is 74.3 Å². The molecule has 0 atom stereocenters. The highest BCUT2D eigenvalue weighted by molar-refractivity contribution is 7.90. The molecule has 0 unspecified atom stereocenters. The fourth-order valence-electron chi connectivity index (χ4n) is 4.81. The highest BCUT2D eigenvalue weighted by Gasteiger charge is 2.31. The number of hydrogen-bond acceptors (Lipinski definition) is 2. The Kier molecular flexibility index (Phi) is 6.66. The molecule has 0 bridgehead atoms. The quantitative estimate of drug-likeness (QED) is 0.369. The molecular weight excluding hydrogens is 402 g/mol. The van der Waals surface area contributed by atoms with Crippen molar-refractivity contribution in [2.45, 2.75) is 76.5 Å². The molecule has 1 aromatic heterocycles. The average molecular weight is 436 g/mol. The molecule has 2 aromatic carbocycles. The van der Waals surface area contributed by atoms with E-state index in [-0.39, 0.29) is 0 Å². The second kappa shape index (κ2) is 9.44. The van der Waals surface area contributed by atoms with Crippen LogP contribution in [0.15, 0.2) is 59.5 Å². The zero-order valence-electron chi connectivity index (χ0n) is 18.7. The number of nitrogens with zero attached hydrogens (tertiary/aromatic N) is 1. The van der Waals surface area contributed by atoms with E-state index in [1.165, 1.54) is 24.0 Å². The van der Waals surface area contributed by atoms with Gasteiger partial charge in [0.15, 0.2) is 0 Å². The first-order valence-electron chi connectivity index (χ1n) is 11.7. The molecule has 4 heteroatoms. The van der Waals surface area contributed by atoms with Crippen LogP contribution in [0.2, 0.25) is 0 Å². The lowest BCUT2D eigenvalue weighted by Gasteiger charge is -2.16. The lowest BCUT2D eigenvalue weighted by atomic mass is 9.90. The van der Waals surface area contributed by atoms with Crippen LogP contribution in [0.5, 0.6) is 0 Å². The lowest BCUT2D eigenvalue weighted by Crippen LogP contribution is -2.18. The molecule has 1 aliphatic rings. The summed E-state index contributed by atoms with van der Waals surface area (Å²) in [6.45, 7) is 4.19. The normalized spacial score (nSPS) is 13.9. The van der Waals surface area contributed by atoms with E-state index in [0.717, 1.165) is 67.5 Å². The van der Waals surface area contributed by atoms with Gasteiger partial charge in [-0.25, -0.2) is 12.4 Å². The summed E-state index contributed by atoms with van der Waals surface area (Å²) in [5, 5.41) is 0. The van der Waals surface area contributed by atoms with Gasteiger partial charge in [-0.3, -0.25) is 0 Å². The van der Waals surface area contributed by atoms with E-state index in [1.54, 1.807) is 16.1 Å². The van der Waals surface area contributed by atoms with E-state index < -0.39 is 10.0 Å². The van der Waals surface area contributed by atoms with Crippen molar-refractivity contribution in [2.75, 3.05) is 0 Å². The summed E-state index contributed by atoms with van der Waals surface area (Å²) in [5.41, 5.74) is 6.51. The molecule has 1 aliphatic carbocycles. The van der Waals surface area contributed by atoms with Gasteiger partial charge in [0.1, 0.15) is 0 Å². The molecule has 3 nitrogen and oxygen atoms in total. The van der Waals surface area contributed by atoms with E-state index in [9.17, 15) is 8.42 Å². The summed E-state index contributed by atoms with van der Waals surface area (Å²) in [6.07, 6.45) is 9.56. The summed E-state index contributed by atoms with van der Waals surface area (Å²) in [7, 11) is -3.69. The summed E-state index contributed by atoms with van der Waals surface area (Å²) < 4.78 is 29.8. The Bertz CT molecular complexity index is 1130. The molecule has 0 spiro atoms. The maximum Gasteiger partial charge on any atom is 0.268 e. The Hall–Kier alpha value is -2.33. The largest absolute Gasteiger partial charge is 0.268 e. The number of benzene rings is 2. The molecule has 164 valence electrons. The second-order valence-electron chi connectivity index (χ2n) is 8.72. The van der Waals surface area contributed by atoms with Crippen LogP contribution in [-0.4, -0.2) is 12.4 Å². The number of rotatable bonds is 8. The molecule has 1 heterocycles. The molecule has 31 heavy (non-hydrogen) atoms. The minimum atomic E-state index is -3.69. The van der Waals surface area contributed by atoms with Crippen molar-refractivity contribution in [2.24, 2.45) is 0 Å². The van der Waals surface area contributed by atoms with Gasteiger partial charge in [-0.2, -0.15) is 0 Å². The fraction of sp³-hybridized carbons (Fsp3) is 0.407. The van der Waals surface area contributed by atoms with E-state index in [0.29, 0.717) is 4.90 Å². The van der Waals surface area contributed by atoms with Gasteiger partial charge >= 0.3 is 0 Å². The number of hydrogen-bond donors (Lipinski definition) is 0. The first-order valence-corrected chi connectivity index (χ1v) is 13.1. The Labute approximate surface area is 187 Å². The molecule has 0 saturated heterocycles. The van der Waals surface area contributed by atoms with Crippen molar-refractivity contribution >= 4 is 10.0 Å². The third-order valence-electron chi connectivity index (χ3n) is 6.42. The van der Waals surface area contributed by atoms with Crippen LogP contribution in [0.3, 0.4) is 0 Å². The van der Waals surface area contributed by atoms with Crippen LogP contribution in [0, 0.1) is 6.92 Å². The molecule has 0 radical (unpaired) electrons. The number of fused-ring (bicyclic) bond motifs is 1. The van der Waals surface area contributed by atoms with Gasteiger partial charge in [0.2, 0.25) is 0 Å². The number of aromatic nitrogens is 1. The third kappa shape index (κ3) is 4.36. The first-order chi connectivity index (χ1) is 15.0. The van der Waals surface area contributed by atoms with Crippen LogP contribution in [0.1, 0.15) is 67.8 Å². The first kappa shape index (κ1) is 21.9. The molecule has 0 aliphatic heterocycles. The monoisotopic (exact) mass is 435 g/mol. The van der Waals surface area contributed by atoms with Crippen molar-refractivity contribution in [3.63, 3.8) is 0 Å². The van der Waals surface area contributed by atoms with Crippen molar-refractivity contribution in [1.29, 1.82) is 0 Å². The topological polar surface area (TPSA) is 39.1 Å². The van der Waals surface area contributed by atoms with Gasteiger partial charge in [0.25, 0.3) is 10.0 Å². The van der Waals surface area contributed by atoms with Gasteiger partial charge in [-0.15, -0.1) is 0 Å². The van der Waals surface area contributed by atoms with Gasteiger partial charge in [0, 0.05) is 5.69 Å². The van der Waals surface area contributed by atoms with Crippen LogP contribution in [0.25, 0.3) is 11.3 Å². The van der Waals surface area contributed by atoms with E-state index in [2.05, 4.69) is 6.92 Å². The predicted octanol–water partition coefficient (Wildman–Crippen LogP) is 6.70. The molecule has 3 aromatic rings. The van der Waals surface area contributed by atoms with Crippen LogP contribution < -0.4 is 0 Å². The lowest BCUT2D eigenvalue weighted by molar-refractivity contribution is 0.582. The zero-order chi connectivity index (χ0) is 21.8. The molecule has 0 fully saturated rings. The summed E-state index contributed by atoms with van der Waals surface area (Å²) >= 11 is 0. The van der Waals surface area contributed by atoms with Gasteiger partial charge < -0.3 is 0 Å². The molecular formula is C27H33NO2S. The van der Waals surface area contributed by atoms with E-state index in [1.807, 2.05) is 49.4 Å². The van der Waals surface area contributed by atoms with Crippen LogP contribution in [0.4, 0.5) is 0 Å². The Balaban J connectivity index is 1.94. The molecule has 0 amide bonds. The van der Waals surface area contributed by atoms with E-state index >= 15 is 0 Å². The predicted molar refractivity (Wildman–Crippen MR) is 128 cm³/mol. The van der Waals surface area contributed by atoms with Crippen LogP contribution in [-0.2, 0) is 29.3 Å². The maximum absolute atomic E-state index is 14.0. The second-order valence-corrected chi connectivity index (χ2v) is 10.5. The standard InChI is InChI=1S/C27H33NO2S/c1-3-4-5-9-16-26-24-14-10-11-15-25(24)27(22-12-7-6-8-13-22)28(26)31(29,30)23-19-17-21(2)18-20-23/h6-8,12-13,17-20H,3-5,9-11,14-16H2,1-2H3. The Morgan fingerprint density at radius 3 is 2.19 bits per heavy atom. The smallest absolute Gasteiger partial charge is 0.237 e. The highest BCUT2D eigenvalue weighted by atomic mass is 32.2. The minimum absolute atomic E-state index is 0.373. The van der Waals surface area contributed by atoms with Crippen molar-refractivity contribution in [3.05, 3.63) is 77.0 Å². The SMILES string of the molecule is CCCCCCc1c2c(c(-c3ccccc3)n1S(=O)(=O)c1ccc(C)cc1)CCCC2. The van der Waals surface area contributed by atoms with Crippen molar-refractivity contribution in [1.82, 2.24) is 3.97 Å². The average Bonchev–Trinajstić information content (AvgIpc) is 3.13. The summed E-state index contributed by atoms with van der Waals surface area (Å²) in [6, 6.07) is 17.4. The summed E-state index contributed by atoms with van der Waals surface area (Å²) in [5.74, 6) is 0. The van der Waals surface area contributed by atoms with Crippen molar-refractivity contribution in [3.8, 4) is 11.3 Å². The molecule has 0 N–H and O–H groups in total. The Morgan fingerprint density at radius 2 is 1.52 bits per heavy atom. The molecule has 4 rings (SSSR count). The third-order valence-corrected chi connectivity index (χ3v) is 8.18. The minimum Gasteiger partial charge on any atom is -0.237 e. The van der Waals surface area contributed by atoms with Gasteiger partial charge in [0.05, 0.1) is 10.6 Å². The highest BCUT2D eigenvalue weighted by Crippen LogP contribution is 2.39.